The molecule has 7 nitrogen and oxygen atoms in total. The van der Waals surface area contributed by atoms with Gasteiger partial charge in [-0.15, -0.1) is 0 Å². The summed E-state index contributed by atoms with van der Waals surface area (Å²) in [6.07, 6.45) is 0.226. The molecule has 1 saturated heterocycles. The molecule has 0 radical (unpaired) electrons. The van der Waals surface area contributed by atoms with Crippen molar-refractivity contribution in [2.45, 2.75) is 26.3 Å². The van der Waals surface area contributed by atoms with Crippen LogP contribution < -0.4 is 10.3 Å². The van der Waals surface area contributed by atoms with E-state index in [0.717, 1.165) is 11.1 Å². The van der Waals surface area contributed by atoms with Crippen molar-refractivity contribution in [2.75, 3.05) is 26.9 Å². The summed E-state index contributed by atoms with van der Waals surface area (Å²) < 4.78 is 10.9. The summed E-state index contributed by atoms with van der Waals surface area (Å²) >= 11 is 0. The zero-order chi connectivity index (χ0) is 18.7. The Hall–Kier alpha value is -2.67. The van der Waals surface area contributed by atoms with Crippen molar-refractivity contribution in [3.63, 3.8) is 0 Å². The highest BCUT2D eigenvalue weighted by molar-refractivity contribution is 5.80. The third-order valence-electron chi connectivity index (χ3n) is 4.45. The molecule has 7 heteroatoms. The van der Waals surface area contributed by atoms with Crippen LogP contribution in [-0.4, -0.2) is 47.6 Å². The lowest BCUT2D eigenvalue weighted by Gasteiger charge is -2.35. The normalized spacial score (nSPS) is 17.2. The number of hydrogen-bond acceptors (Lipinski definition) is 5. The van der Waals surface area contributed by atoms with E-state index in [9.17, 15) is 9.59 Å². The molecule has 3 rings (SSSR count). The minimum Gasteiger partial charge on any atom is -0.496 e. The van der Waals surface area contributed by atoms with E-state index in [2.05, 4.69) is 9.97 Å². The number of ether oxygens (including phenoxy) is 2. The zero-order valence-electron chi connectivity index (χ0n) is 15.2. The summed E-state index contributed by atoms with van der Waals surface area (Å²) in [6.45, 7) is 4.96. The third-order valence-corrected chi connectivity index (χ3v) is 4.45. The van der Waals surface area contributed by atoms with Crippen LogP contribution in [0.2, 0.25) is 0 Å². The zero-order valence-corrected chi connectivity index (χ0v) is 15.2. The standard InChI is InChI=1S/C19H23N3O4/c1-12-4-5-17(25-3)14(8-12)9-19(24)22-6-7-26-11-16(22)15-10-18(23)21-13(2)20-15/h4-5,8,10,16H,6-7,9,11H2,1-3H3,(H,20,21,23)/t16-/m0/s1. The Labute approximate surface area is 152 Å². The minimum absolute atomic E-state index is 0.0399. The van der Waals surface area contributed by atoms with Crippen molar-refractivity contribution in [3.05, 3.63) is 57.3 Å². The van der Waals surface area contributed by atoms with Gasteiger partial charge >= 0.3 is 0 Å². The molecule has 1 N–H and O–H groups in total. The first-order chi connectivity index (χ1) is 12.5. The van der Waals surface area contributed by atoms with E-state index >= 15 is 0 Å². The number of amides is 1. The number of H-pyrrole nitrogens is 1. The molecule has 26 heavy (non-hydrogen) atoms. The van der Waals surface area contributed by atoms with E-state index < -0.39 is 0 Å². The van der Waals surface area contributed by atoms with E-state index in [1.54, 1.807) is 18.9 Å². The number of benzene rings is 1. The summed E-state index contributed by atoms with van der Waals surface area (Å²) in [5.74, 6) is 1.17. The second-order valence-corrected chi connectivity index (χ2v) is 6.43. The van der Waals surface area contributed by atoms with Crippen LogP contribution in [0.15, 0.2) is 29.1 Å². The maximum atomic E-state index is 13.0. The molecule has 1 atom stereocenters. The topological polar surface area (TPSA) is 84.5 Å². The van der Waals surface area contributed by atoms with Gasteiger partial charge in [-0.3, -0.25) is 9.59 Å². The van der Waals surface area contributed by atoms with Crippen LogP contribution in [0, 0.1) is 13.8 Å². The number of aryl methyl sites for hydroxylation is 2. The van der Waals surface area contributed by atoms with Crippen LogP contribution >= 0.6 is 0 Å². The fourth-order valence-corrected chi connectivity index (χ4v) is 3.23. The fraction of sp³-hybridized carbons (Fsp3) is 0.421. The Morgan fingerprint density at radius 1 is 1.38 bits per heavy atom. The summed E-state index contributed by atoms with van der Waals surface area (Å²) in [7, 11) is 1.60. The Morgan fingerprint density at radius 2 is 2.19 bits per heavy atom. The molecule has 1 amide bonds. The van der Waals surface area contributed by atoms with Gasteiger partial charge in [0, 0.05) is 18.2 Å². The molecule has 2 heterocycles. The lowest BCUT2D eigenvalue weighted by atomic mass is 10.0. The number of morpholine rings is 1. The van der Waals surface area contributed by atoms with Crippen LogP contribution in [0.4, 0.5) is 0 Å². The molecule has 1 aromatic carbocycles. The maximum absolute atomic E-state index is 13.0. The molecule has 1 aromatic heterocycles. The fourth-order valence-electron chi connectivity index (χ4n) is 3.23. The predicted molar refractivity (Wildman–Crippen MR) is 96.3 cm³/mol. The highest BCUT2D eigenvalue weighted by Crippen LogP contribution is 2.25. The quantitative estimate of drug-likeness (QED) is 0.897. The van der Waals surface area contributed by atoms with Gasteiger partial charge in [-0.25, -0.2) is 4.98 Å². The van der Waals surface area contributed by atoms with Crippen LogP contribution in [0.1, 0.15) is 28.7 Å². The van der Waals surface area contributed by atoms with Gasteiger partial charge in [0.15, 0.2) is 0 Å². The van der Waals surface area contributed by atoms with Crippen LogP contribution in [0.25, 0.3) is 0 Å². The molecule has 138 valence electrons. The van der Waals surface area contributed by atoms with Crippen LogP contribution in [-0.2, 0) is 16.0 Å². The number of carbonyl (C=O) groups is 1. The molecule has 0 unspecified atom stereocenters. The number of methoxy groups -OCH3 is 1. The van der Waals surface area contributed by atoms with E-state index in [0.29, 0.717) is 37.0 Å². The van der Waals surface area contributed by atoms with Crippen LogP contribution in [0.5, 0.6) is 5.75 Å². The second kappa shape index (κ2) is 7.70. The first-order valence-electron chi connectivity index (χ1n) is 8.56. The van der Waals surface area contributed by atoms with Gasteiger partial charge in [-0.1, -0.05) is 17.7 Å². The molecule has 1 aliphatic heterocycles. The first-order valence-corrected chi connectivity index (χ1v) is 8.56. The van der Waals surface area contributed by atoms with E-state index in [-0.39, 0.29) is 23.9 Å². The van der Waals surface area contributed by atoms with Gasteiger partial charge in [0.1, 0.15) is 11.6 Å². The predicted octanol–water partition coefficient (Wildman–Crippen LogP) is 1.54. The monoisotopic (exact) mass is 357 g/mol. The van der Waals surface area contributed by atoms with Crippen LogP contribution in [0.3, 0.4) is 0 Å². The van der Waals surface area contributed by atoms with E-state index in [1.165, 1.54) is 6.07 Å². The number of nitrogens with zero attached hydrogens (tertiary/aromatic N) is 2. The molecule has 1 fully saturated rings. The average Bonchev–Trinajstić information content (AvgIpc) is 2.61. The number of aromatic nitrogens is 2. The molecule has 0 saturated carbocycles. The van der Waals surface area contributed by atoms with Gasteiger partial charge in [0.2, 0.25) is 5.91 Å². The van der Waals surface area contributed by atoms with Gasteiger partial charge < -0.3 is 19.4 Å². The SMILES string of the molecule is COc1ccc(C)cc1CC(=O)N1CCOC[C@H]1c1cc(=O)[nH]c(C)n1. The van der Waals surface area contributed by atoms with Gasteiger partial charge in [-0.05, 0) is 19.9 Å². The van der Waals surface area contributed by atoms with Crippen molar-refractivity contribution in [1.29, 1.82) is 0 Å². The Morgan fingerprint density at radius 3 is 2.92 bits per heavy atom. The van der Waals surface area contributed by atoms with Gasteiger partial charge in [0.25, 0.3) is 5.56 Å². The van der Waals surface area contributed by atoms with Crippen molar-refractivity contribution < 1.29 is 14.3 Å². The average molecular weight is 357 g/mol. The van der Waals surface area contributed by atoms with E-state index in [4.69, 9.17) is 9.47 Å². The minimum atomic E-state index is -0.368. The van der Waals surface area contributed by atoms with E-state index in [1.807, 2.05) is 25.1 Å². The highest BCUT2D eigenvalue weighted by atomic mass is 16.5. The molecule has 0 spiro atoms. The third kappa shape index (κ3) is 3.94. The lowest BCUT2D eigenvalue weighted by molar-refractivity contribution is -0.139. The van der Waals surface area contributed by atoms with Crippen molar-refractivity contribution >= 4 is 5.91 Å². The Balaban J connectivity index is 1.87. The Bertz CT molecular complexity index is 862. The van der Waals surface area contributed by atoms with Gasteiger partial charge in [-0.2, -0.15) is 0 Å². The number of carbonyl (C=O) groups excluding carboxylic acids is 1. The molecule has 0 bridgehead atoms. The lowest BCUT2D eigenvalue weighted by Crippen LogP contribution is -2.44. The largest absolute Gasteiger partial charge is 0.496 e. The summed E-state index contributed by atoms with van der Waals surface area (Å²) in [6, 6.07) is 6.85. The molecular weight excluding hydrogens is 334 g/mol. The van der Waals surface area contributed by atoms with Crippen molar-refractivity contribution in [3.8, 4) is 5.75 Å². The van der Waals surface area contributed by atoms with Crippen molar-refractivity contribution in [2.24, 2.45) is 0 Å². The molecule has 0 aliphatic carbocycles. The second-order valence-electron chi connectivity index (χ2n) is 6.43. The summed E-state index contributed by atoms with van der Waals surface area (Å²) in [5, 5.41) is 0. The molecule has 1 aliphatic rings. The first kappa shape index (κ1) is 18.1. The number of nitrogens with one attached hydrogen (secondary N) is 1. The Kier molecular flexibility index (Phi) is 5.37. The molecule has 2 aromatic rings. The van der Waals surface area contributed by atoms with Crippen molar-refractivity contribution in [1.82, 2.24) is 14.9 Å². The number of hydrogen-bond donors (Lipinski definition) is 1. The number of aromatic amines is 1. The highest BCUT2D eigenvalue weighted by Gasteiger charge is 2.30. The maximum Gasteiger partial charge on any atom is 0.251 e. The smallest absolute Gasteiger partial charge is 0.251 e. The summed E-state index contributed by atoms with van der Waals surface area (Å²) in [5.41, 5.74) is 2.23. The number of rotatable bonds is 4. The molecular formula is C19H23N3O4. The summed E-state index contributed by atoms with van der Waals surface area (Å²) in [4.78, 5) is 33.5. The van der Waals surface area contributed by atoms with Gasteiger partial charge in [0.05, 0.1) is 38.5 Å².